The molecule has 2 N–H and O–H groups in total. The zero-order valence-electron chi connectivity index (χ0n) is 17.9. The minimum absolute atomic E-state index is 0.0179. The van der Waals surface area contributed by atoms with Crippen molar-refractivity contribution in [3.8, 4) is 0 Å². The summed E-state index contributed by atoms with van der Waals surface area (Å²) in [6.45, 7) is -0.636. The Kier molecular flexibility index (Phi) is 7.48. The van der Waals surface area contributed by atoms with E-state index in [4.69, 9.17) is 0 Å². The molecular weight excluding hydrogens is 445 g/mol. The van der Waals surface area contributed by atoms with Crippen molar-refractivity contribution in [2.24, 2.45) is 4.99 Å². The zero-order valence-corrected chi connectivity index (χ0v) is 17.9. The third kappa shape index (κ3) is 6.14. The van der Waals surface area contributed by atoms with Crippen molar-refractivity contribution in [2.75, 3.05) is 25.5 Å². The number of alkyl halides is 3. The molecule has 0 radical (unpaired) electrons. The van der Waals surface area contributed by atoms with Gasteiger partial charge in [0.2, 0.25) is 5.91 Å². The number of benzene rings is 2. The van der Waals surface area contributed by atoms with Gasteiger partial charge in [-0.25, -0.2) is 8.78 Å². The van der Waals surface area contributed by atoms with Gasteiger partial charge in [0.1, 0.15) is 17.3 Å². The Bertz CT molecular complexity index is 995. The number of aliphatic hydroxyl groups is 1. The van der Waals surface area contributed by atoms with Crippen molar-refractivity contribution in [3.05, 3.63) is 65.2 Å². The van der Waals surface area contributed by atoms with Crippen LogP contribution in [0.4, 0.5) is 27.6 Å². The molecule has 1 aliphatic carbocycles. The van der Waals surface area contributed by atoms with Gasteiger partial charge in [0, 0.05) is 11.8 Å². The van der Waals surface area contributed by atoms with E-state index in [0.29, 0.717) is 24.5 Å². The van der Waals surface area contributed by atoms with Crippen LogP contribution < -0.4 is 5.32 Å². The van der Waals surface area contributed by atoms with Gasteiger partial charge in [-0.05, 0) is 62.6 Å². The van der Waals surface area contributed by atoms with Crippen molar-refractivity contribution >= 4 is 17.3 Å². The normalized spacial score (nSPS) is 16.3. The SMILES string of the molecule is CN(CC(=O)Nc1cc(F)cc(F)c1)C1(/N=C(\CO)c2ccc(C(F)(F)F)cc2)CCCC1. The maximum Gasteiger partial charge on any atom is 0.416 e. The lowest BCUT2D eigenvalue weighted by Gasteiger charge is -2.35. The molecule has 33 heavy (non-hydrogen) atoms. The van der Waals surface area contributed by atoms with Crippen LogP contribution in [0.2, 0.25) is 0 Å². The maximum atomic E-state index is 13.4. The van der Waals surface area contributed by atoms with Crippen molar-refractivity contribution in [3.63, 3.8) is 0 Å². The van der Waals surface area contributed by atoms with Gasteiger partial charge in [0.05, 0.1) is 24.4 Å². The third-order valence-corrected chi connectivity index (χ3v) is 5.68. The highest BCUT2D eigenvalue weighted by molar-refractivity contribution is 6.01. The Labute approximate surface area is 187 Å². The van der Waals surface area contributed by atoms with Gasteiger partial charge >= 0.3 is 6.18 Å². The number of rotatable bonds is 7. The van der Waals surface area contributed by atoms with E-state index in [1.54, 1.807) is 11.9 Å². The molecule has 10 heteroatoms. The van der Waals surface area contributed by atoms with E-state index >= 15 is 0 Å². The Morgan fingerprint density at radius 3 is 2.18 bits per heavy atom. The number of anilines is 1. The molecule has 0 heterocycles. The van der Waals surface area contributed by atoms with E-state index in [1.807, 2.05) is 0 Å². The van der Waals surface area contributed by atoms with E-state index in [0.717, 1.165) is 37.1 Å². The molecule has 0 atom stereocenters. The summed E-state index contributed by atoms with van der Waals surface area (Å²) in [5.41, 5.74) is -1.10. The minimum Gasteiger partial charge on any atom is -0.390 e. The molecule has 0 unspecified atom stereocenters. The number of likely N-dealkylation sites (N-methyl/N-ethyl adjacent to an activating group) is 1. The van der Waals surface area contributed by atoms with E-state index in [2.05, 4.69) is 10.3 Å². The van der Waals surface area contributed by atoms with E-state index in [9.17, 15) is 31.9 Å². The molecule has 0 spiro atoms. The van der Waals surface area contributed by atoms with Crippen LogP contribution in [0.25, 0.3) is 0 Å². The molecule has 3 rings (SSSR count). The van der Waals surface area contributed by atoms with Gasteiger partial charge in [-0.3, -0.25) is 14.7 Å². The summed E-state index contributed by atoms with van der Waals surface area (Å²) in [5, 5.41) is 12.3. The lowest BCUT2D eigenvalue weighted by Crippen LogP contribution is -2.47. The van der Waals surface area contributed by atoms with Gasteiger partial charge in [-0.15, -0.1) is 0 Å². The molecule has 1 aliphatic rings. The molecule has 2 aromatic rings. The Hall–Kier alpha value is -2.85. The molecule has 2 aromatic carbocycles. The van der Waals surface area contributed by atoms with Crippen molar-refractivity contribution in [2.45, 2.75) is 37.5 Å². The Morgan fingerprint density at radius 2 is 1.67 bits per heavy atom. The second kappa shape index (κ2) is 9.96. The second-order valence-electron chi connectivity index (χ2n) is 8.04. The Balaban J connectivity index is 1.80. The number of carbonyl (C=O) groups excluding carboxylic acids is 1. The number of nitrogens with zero attached hydrogens (tertiary/aromatic N) is 2. The smallest absolute Gasteiger partial charge is 0.390 e. The molecule has 0 saturated heterocycles. The lowest BCUT2D eigenvalue weighted by atomic mass is 10.0. The first-order chi connectivity index (χ1) is 15.5. The number of halogens is 5. The number of hydrogen-bond donors (Lipinski definition) is 2. The van der Waals surface area contributed by atoms with Crippen molar-refractivity contribution in [1.82, 2.24) is 4.90 Å². The monoisotopic (exact) mass is 469 g/mol. The number of carbonyl (C=O) groups is 1. The number of aliphatic imine (C=N–C) groups is 1. The summed E-state index contributed by atoms with van der Waals surface area (Å²) >= 11 is 0. The van der Waals surface area contributed by atoms with E-state index in [1.165, 1.54) is 12.1 Å². The predicted molar refractivity (Wildman–Crippen MR) is 114 cm³/mol. The summed E-state index contributed by atoms with van der Waals surface area (Å²) in [7, 11) is 1.67. The predicted octanol–water partition coefficient (Wildman–Crippen LogP) is 4.61. The van der Waals surface area contributed by atoms with Crippen LogP contribution >= 0.6 is 0 Å². The van der Waals surface area contributed by atoms with Crippen molar-refractivity contribution in [1.29, 1.82) is 0 Å². The Morgan fingerprint density at radius 1 is 1.09 bits per heavy atom. The molecule has 1 fully saturated rings. The molecule has 0 aliphatic heterocycles. The standard InChI is InChI=1S/C23H24F5N3O2/c1-31(13-21(33)29-19-11-17(24)10-18(25)12-19)22(8-2-3-9-22)30-20(14-32)15-4-6-16(7-5-15)23(26,27)28/h4-7,10-12,32H,2-3,8-9,13-14H2,1H3,(H,29,33)/b30-20+. The summed E-state index contributed by atoms with van der Waals surface area (Å²) in [4.78, 5) is 18.9. The molecule has 1 saturated carbocycles. The first kappa shape index (κ1) is 24.8. The quantitative estimate of drug-likeness (QED) is 0.460. The average molecular weight is 469 g/mol. The zero-order chi connectivity index (χ0) is 24.2. The van der Waals surface area contributed by atoms with Gasteiger partial charge in [-0.2, -0.15) is 13.2 Å². The fraction of sp³-hybridized carbons (Fsp3) is 0.391. The highest BCUT2D eigenvalue weighted by Crippen LogP contribution is 2.36. The topological polar surface area (TPSA) is 64.9 Å². The number of hydrogen-bond acceptors (Lipinski definition) is 4. The van der Waals surface area contributed by atoms with Gasteiger partial charge < -0.3 is 10.4 Å². The lowest BCUT2D eigenvalue weighted by molar-refractivity contribution is -0.137. The van der Waals surface area contributed by atoms with Crippen LogP contribution in [0.3, 0.4) is 0 Å². The first-order valence-electron chi connectivity index (χ1n) is 10.4. The fourth-order valence-electron chi connectivity index (χ4n) is 4.00. The summed E-state index contributed by atoms with van der Waals surface area (Å²) in [6, 6.07) is 7.06. The molecule has 0 aromatic heterocycles. The largest absolute Gasteiger partial charge is 0.416 e. The van der Waals surface area contributed by atoms with E-state index in [-0.39, 0.29) is 17.9 Å². The highest BCUT2D eigenvalue weighted by Gasteiger charge is 2.39. The molecule has 178 valence electrons. The molecular formula is C23H24F5N3O2. The summed E-state index contributed by atoms with van der Waals surface area (Å²) < 4.78 is 65.3. The van der Waals surface area contributed by atoms with Gasteiger partial charge in [-0.1, -0.05) is 12.1 Å². The van der Waals surface area contributed by atoms with Crippen LogP contribution in [0.1, 0.15) is 36.8 Å². The van der Waals surface area contributed by atoms with E-state index < -0.39 is 41.6 Å². The van der Waals surface area contributed by atoms with Crippen LogP contribution in [-0.2, 0) is 11.0 Å². The number of nitrogens with one attached hydrogen (secondary N) is 1. The minimum atomic E-state index is -4.47. The fourth-order valence-corrected chi connectivity index (χ4v) is 4.00. The summed E-state index contributed by atoms with van der Waals surface area (Å²) in [5.74, 6) is -2.15. The molecule has 1 amide bonds. The highest BCUT2D eigenvalue weighted by atomic mass is 19.4. The van der Waals surface area contributed by atoms with Crippen LogP contribution in [0.15, 0.2) is 47.5 Å². The molecule has 0 bridgehead atoms. The van der Waals surface area contributed by atoms with Gasteiger partial charge in [0.15, 0.2) is 0 Å². The number of amides is 1. The molecule has 5 nitrogen and oxygen atoms in total. The van der Waals surface area contributed by atoms with Crippen LogP contribution in [0.5, 0.6) is 0 Å². The number of aliphatic hydroxyl groups excluding tert-OH is 1. The van der Waals surface area contributed by atoms with Crippen molar-refractivity contribution < 1.29 is 31.9 Å². The van der Waals surface area contributed by atoms with Gasteiger partial charge in [0.25, 0.3) is 0 Å². The maximum absolute atomic E-state index is 13.4. The average Bonchev–Trinajstić information content (AvgIpc) is 3.20. The first-order valence-corrected chi connectivity index (χ1v) is 10.4. The second-order valence-corrected chi connectivity index (χ2v) is 8.04. The summed E-state index contributed by atoms with van der Waals surface area (Å²) in [6.07, 6.45) is -1.68. The third-order valence-electron chi connectivity index (χ3n) is 5.68. The van der Waals surface area contributed by atoms with Crippen LogP contribution in [0, 0.1) is 11.6 Å². The van der Waals surface area contributed by atoms with Crippen LogP contribution in [-0.4, -0.2) is 47.5 Å².